The fourth-order valence-corrected chi connectivity index (χ4v) is 0.508. The fourth-order valence-electron chi connectivity index (χ4n) is 0.508. The van der Waals surface area contributed by atoms with Gasteiger partial charge in [0.25, 0.3) is 0 Å². The monoisotopic (exact) mass is 261 g/mol. The van der Waals surface area contributed by atoms with E-state index in [9.17, 15) is 9.59 Å². The highest BCUT2D eigenvalue weighted by atomic mass is 16.5. The first kappa shape index (κ1) is 18.7. The molecular weight excluding hydrogens is 242 g/mol. The Morgan fingerprint density at radius 3 is 2.11 bits per heavy atom. The van der Waals surface area contributed by atoms with Crippen molar-refractivity contribution in [3.63, 3.8) is 0 Å². The maximum absolute atomic E-state index is 10.3. The van der Waals surface area contributed by atoms with Crippen LogP contribution in [0.2, 0.25) is 0 Å². The van der Waals surface area contributed by atoms with Crippen LogP contribution in [-0.2, 0) is 19.1 Å². The van der Waals surface area contributed by atoms with Crippen molar-refractivity contribution in [1.29, 1.82) is 0 Å². The summed E-state index contributed by atoms with van der Waals surface area (Å²) in [4.78, 5) is 20.5. The normalized spacial score (nSPS) is 10.4. The van der Waals surface area contributed by atoms with E-state index in [2.05, 4.69) is 22.6 Å². The fraction of sp³-hybridized carbons (Fsp3) is 0.455. The average Bonchev–Trinajstić information content (AvgIpc) is 2.41. The van der Waals surface area contributed by atoms with Crippen molar-refractivity contribution in [3.8, 4) is 0 Å². The number of hydrogen-bond acceptors (Lipinski definition) is 7. The van der Waals surface area contributed by atoms with E-state index in [0.717, 1.165) is 12.2 Å². The topological polar surface area (TPSA) is 119 Å². The van der Waals surface area contributed by atoms with Crippen LogP contribution in [-0.4, -0.2) is 54.6 Å². The van der Waals surface area contributed by atoms with Crippen molar-refractivity contribution >= 4 is 11.9 Å². The summed E-state index contributed by atoms with van der Waals surface area (Å²) >= 11 is 0. The molecule has 1 unspecified atom stereocenters. The molecule has 0 aromatic rings. The van der Waals surface area contributed by atoms with E-state index in [1.807, 2.05) is 0 Å². The summed E-state index contributed by atoms with van der Waals surface area (Å²) in [6.45, 7) is 6.37. The molecule has 0 aliphatic carbocycles. The van der Waals surface area contributed by atoms with Gasteiger partial charge in [0.1, 0.15) is 19.3 Å². The molecule has 0 saturated heterocycles. The second-order valence-electron chi connectivity index (χ2n) is 2.83. The number of esters is 2. The Balaban J connectivity index is 0. The maximum Gasteiger partial charge on any atom is 0.330 e. The van der Waals surface area contributed by atoms with Gasteiger partial charge in [-0.15, -0.1) is 0 Å². The Kier molecular flexibility index (Phi) is 13.9. The Hall–Kier alpha value is -1.70. The predicted octanol–water partition coefficient (Wildman–Crippen LogP) is -1.26. The van der Waals surface area contributed by atoms with Gasteiger partial charge in [0.15, 0.2) is 0 Å². The van der Waals surface area contributed by atoms with Gasteiger partial charge in [-0.05, 0) is 0 Å². The summed E-state index contributed by atoms with van der Waals surface area (Å²) in [5.41, 5.74) is 5.02. The first-order chi connectivity index (χ1) is 8.51. The minimum absolute atomic E-state index is 0.193. The summed E-state index contributed by atoms with van der Waals surface area (Å²) in [5.74, 6) is -1.03. The van der Waals surface area contributed by atoms with E-state index in [4.69, 9.17) is 15.9 Å². The summed E-state index contributed by atoms with van der Waals surface area (Å²) in [6, 6.07) is 0. The van der Waals surface area contributed by atoms with Crippen molar-refractivity contribution in [3.05, 3.63) is 25.3 Å². The van der Waals surface area contributed by atoms with Gasteiger partial charge in [-0.3, -0.25) is 0 Å². The lowest BCUT2D eigenvalue weighted by Crippen LogP contribution is -2.21. The second-order valence-corrected chi connectivity index (χ2v) is 2.83. The SMILES string of the molecule is C=CC(=O)OCC(O)CO.C=CC(=O)OCCN. The molecule has 0 heterocycles. The lowest BCUT2D eigenvalue weighted by Gasteiger charge is -2.05. The molecule has 0 aromatic heterocycles. The zero-order valence-corrected chi connectivity index (χ0v) is 10.1. The van der Waals surface area contributed by atoms with Gasteiger partial charge < -0.3 is 25.4 Å². The molecule has 104 valence electrons. The van der Waals surface area contributed by atoms with Crippen LogP contribution in [0.5, 0.6) is 0 Å². The standard InChI is InChI=1S/C6H10O4.C5H9NO2/c1-2-6(9)10-4-5(8)3-7;1-2-5(7)8-4-3-6/h2,5,7-8H,1,3-4H2;2H,1,3-4,6H2. The highest BCUT2D eigenvalue weighted by molar-refractivity contribution is 5.81. The number of aliphatic hydroxyl groups is 2. The van der Waals surface area contributed by atoms with Crippen LogP contribution < -0.4 is 5.73 Å². The van der Waals surface area contributed by atoms with Crippen LogP contribution in [0.1, 0.15) is 0 Å². The van der Waals surface area contributed by atoms with Crippen LogP contribution in [0.3, 0.4) is 0 Å². The van der Waals surface area contributed by atoms with Crippen molar-refractivity contribution in [2.75, 3.05) is 26.4 Å². The van der Waals surface area contributed by atoms with E-state index in [1.54, 1.807) is 0 Å². The third-order valence-corrected chi connectivity index (χ3v) is 1.32. The molecule has 0 spiro atoms. The van der Waals surface area contributed by atoms with Gasteiger partial charge in [0.05, 0.1) is 6.61 Å². The number of rotatable bonds is 7. The zero-order chi connectivity index (χ0) is 14.4. The zero-order valence-electron chi connectivity index (χ0n) is 10.1. The number of carbonyl (C=O) groups excluding carboxylic acids is 2. The number of hydrogen-bond donors (Lipinski definition) is 3. The van der Waals surface area contributed by atoms with E-state index >= 15 is 0 Å². The van der Waals surface area contributed by atoms with Crippen molar-refractivity contribution in [2.24, 2.45) is 5.73 Å². The molecule has 0 saturated carbocycles. The smallest absolute Gasteiger partial charge is 0.330 e. The molecule has 0 aliphatic heterocycles. The van der Waals surface area contributed by atoms with Gasteiger partial charge in [-0.1, -0.05) is 13.2 Å². The van der Waals surface area contributed by atoms with Crippen molar-refractivity contribution < 1.29 is 29.3 Å². The summed E-state index contributed by atoms with van der Waals surface area (Å²) in [6.07, 6.45) is 1.10. The lowest BCUT2D eigenvalue weighted by molar-refractivity contribution is -0.141. The van der Waals surface area contributed by atoms with Crippen LogP contribution in [0, 0.1) is 0 Å². The average molecular weight is 261 g/mol. The van der Waals surface area contributed by atoms with E-state index < -0.39 is 24.6 Å². The molecule has 4 N–H and O–H groups in total. The van der Waals surface area contributed by atoms with Crippen LogP contribution in [0.25, 0.3) is 0 Å². The minimum Gasteiger partial charge on any atom is -0.461 e. The molecule has 0 bridgehead atoms. The molecule has 1 atom stereocenters. The quantitative estimate of drug-likeness (QED) is 0.386. The van der Waals surface area contributed by atoms with Crippen molar-refractivity contribution in [2.45, 2.75) is 6.10 Å². The third-order valence-electron chi connectivity index (χ3n) is 1.32. The third kappa shape index (κ3) is 14.3. The molecular formula is C11H19NO6. The minimum atomic E-state index is -0.996. The first-order valence-corrected chi connectivity index (χ1v) is 5.09. The molecule has 0 radical (unpaired) electrons. The highest BCUT2D eigenvalue weighted by Crippen LogP contribution is 1.84. The van der Waals surface area contributed by atoms with Gasteiger partial charge in [-0.2, -0.15) is 0 Å². The first-order valence-electron chi connectivity index (χ1n) is 5.09. The van der Waals surface area contributed by atoms with Crippen LogP contribution >= 0.6 is 0 Å². The molecule has 7 nitrogen and oxygen atoms in total. The van der Waals surface area contributed by atoms with E-state index in [-0.39, 0.29) is 13.2 Å². The number of carbonyl (C=O) groups is 2. The number of nitrogens with two attached hydrogens (primary N) is 1. The maximum atomic E-state index is 10.3. The highest BCUT2D eigenvalue weighted by Gasteiger charge is 2.03. The molecule has 0 amide bonds. The summed E-state index contributed by atoms with van der Waals surface area (Å²) in [5, 5.41) is 16.9. The largest absolute Gasteiger partial charge is 0.461 e. The van der Waals surface area contributed by atoms with Gasteiger partial charge >= 0.3 is 11.9 Å². The molecule has 0 aromatic carbocycles. The van der Waals surface area contributed by atoms with Crippen LogP contribution in [0.15, 0.2) is 25.3 Å². The van der Waals surface area contributed by atoms with E-state index in [0.29, 0.717) is 6.54 Å². The Bertz CT molecular complexity index is 266. The van der Waals surface area contributed by atoms with Gasteiger partial charge in [0, 0.05) is 18.7 Å². The number of aliphatic hydroxyl groups excluding tert-OH is 2. The van der Waals surface area contributed by atoms with Crippen molar-refractivity contribution in [1.82, 2.24) is 0 Å². The second kappa shape index (κ2) is 13.4. The Morgan fingerprint density at radius 1 is 1.22 bits per heavy atom. The molecule has 18 heavy (non-hydrogen) atoms. The van der Waals surface area contributed by atoms with Crippen LogP contribution in [0.4, 0.5) is 0 Å². The van der Waals surface area contributed by atoms with Gasteiger partial charge in [0.2, 0.25) is 0 Å². The van der Waals surface area contributed by atoms with E-state index in [1.165, 1.54) is 0 Å². The summed E-state index contributed by atoms with van der Waals surface area (Å²) < 4.78 is 8.84. The van der Waals surface area contributed by atoms with Gasteiger partial charge in [-0.25, -0.2) is 9.59 Å². The predicted molar refractivity (Wildman–Crippen MR) is 64.5 cm³/mol. The molecule has 0 aliphatic rings. The molecule has 7 heteroatoms. The molecule has 0 fully saturated rings. The Labute approximate surface area is 105 Å². The Morgan fingerprint density at radius 2 is 1.72 bits per heavy atom. The summed E-state index contributed by atoms with van der Waals surface area (Å²) in [7, 11) is 0. The number of ether oxygens (including phenoxy) is 2. The lowest BCUT2D eigenvalue weighted by atomic mass is 10.4. The molecule has 0 rings (SSSR count).